The lowest BCUT2D eigenvalue weighted by atomic mass is 9.81. The molecule has 2 aliphatic heterocycles. The molecule has 1 aromatic carbocycles. The molecule has 3 atom stereocenters. The molecule has 2 heterocycles. The molecular weight excluding hydrogens is 300 g/mol. The van der Waals surface area contributed by atoms with Crippen LogP contribution in [0.25, 0.3) is 0 Å². The summed E-state index contributed by atoms with van der Waals surface area (Å²) >= 11 is 5.56. The Morgan fingerprint density at radius 3 is 2.86 bits per heavy atom. The van der Waals surface area contributed by atoms with E-state index in [1.54, 1.807) is 14.2 Å². The van der Waals surface area contributed by atoms with Gasteiger partial charge in [0, 0.05) is 25.1 Å². The van der Waals surface area contributed by atoms with Crippen LogP contribution in [0.3, 0.4) is 0 Å². The molecule has 5 nitrogen and oxygen atoms in total. The summed E-state index contributed by atoms with van der Waals surface area (Å²) in [6.07, 6.45) is 0. The summed E-state index contributed by atoms with van der Waals surface area (Å²) in [6, 6.07) is 6.10. The smallest absolute Gasteiger partial charge is 0.187 e. The van der Waals surface area contributed by atoms with Crippen LogP contribution in [0.2, 0.25) is 0 Å². The number of hydrogen-bond donors (Lipinski definition) is 1. The Hall–Kier alpha value is -1.53. The van der Waals surface area contributed by atoms with Gasteiger partial charge in [0.25, 0.3) is 0 Å². The highest BCUT2D eigenvalue weighted by Crippen LogP contribution is 2.50. The first kappa shape index (κ1) is 15.4. The van der Waals surface area contributed by atoms with Crippen LogP contribution in [0, 0.1) is 5.92 Å². The van der Waals surface area contributed by atoms with E-state index in [-0.39, 0.29) is 12.0 Å². The van der Waals surface area contributed by atoms with Gasteiger partial charge in [-0.2, -0.15) is 0 Å². The first-order chi connectivity index (χ1) is 10.5. The highest BCUT2D eigenvalue weighted by atomic mass is 32.1. The van der Waals surface area contributed by atoms with E-state index >= 15 is 0 Å². The van der Waals surface area contributed by atoms with Crippen molar-refractivity contribution < 1.29 is 14.2 Å². The van der Waals surface area contributed by atoms with Crippen molar-refractivity contribution in [2.45, 2.75) is 25.6 Å². The van der Waals surface area contributed by atoms with Gasteiger partial charge in [-0.05, 0) is 25.2 Å². The maximum atomic E-state index is 6.42. The Morgan fingerprint density at radius 2 is 2.18 bits per heavy atom. The molecule has 0 spiro atoms. The maximum absolute atomic E-state index is 6.42. The third kappa shape index (κ3) is 2.13. The minimum Gasteiger partial charge on any atom is -0.493 e. The molecule has 2 aliphatic rings. The summed E-state index contributed by atoms with van der Waals surface area (Å²) in [5.41, 5.74) is 0.575. The predicted molar refractivity (Wildman–Crippen MR) is 88.2 cm³/mol. The van der Waals surface area contributed by atoms with Crippen molar-refractivity contribution in [2.24, 2.45) is 5.92 Å². The van der Waals surface area contributed by atoms with Gasteiger partial charge in [-0.1, -0.05) is 19.1 Å². The number of nitrogens with one attached hydrogen (secondary N) is 1. The highest BCUT2D eigenvalue weighted by Gasteiger charge is 2.53. The van der Waals surface area contributed by atoms with Crippen LogP contribution in [0.4, 0.5) is 0 Å². The van der Waals surface area contributed by atoms with E-state index in [2.05, 4.69) is 30.1 Å². The number of para-hydroxylation sites is 1. The average molecular weight is 322 g/mol. The summed E-state index contributed by atoms with van der Waals surface area (Å²) in [6.45, 7) is 5.54. The van der Waals surface area contributed by atoms with Gasteiger partial charge in [0.1, 0.15) is 0 Å². The quantitative estimate of drug-likeness (QED) is 0.858. The van der Waals surface area contributed by atoms with Crippen LogP contribution < -0.4 is 14.8 Å². The van der Waals surface area contributed by atoms with E-state index < -0.39 is 5.72 Å². The second kappa shape index (κ2) is 5.59. The first-order valence-corrected chi connectivity index (χ1v) is 7.86. The minimum atomic E-state index is -0.521. The van der Waals surface area contributed by atoms with Crippen LogP contribution >= 0.6 is 12.2 Å². The van der Waals surface area contributed by atoms with Crippen molar-refractivity contribution in [2.75, 3.05) is 27.4 Å². The van der Waals surface area contributed by atoms with Gasteiger partial charge in [-0.15, -0.1) is 0 Å². The van der Waals surface area contributed by atoms with Gasteiger partial charge in [0.15, 0.2) is 22.3 Å². The van der Waals surface area contributed by atoms with E-state index in [0.717, 1.165) is 17.1 Å². The van der Waals surface area contributed by atoms with E-state index in [9.17, 15) is 0 Å². The Kier molecular flexibility index (Phi) is 3.91. The molecule has 2 bridgehead atoms. The van der Waals surface area contributed by atoms with Crippen LogP contribution in [0.5, 0.6) is 11.5 Å². The summed E-state index contributed by atoms with van der Waals surface area (Å²) in [4.78, 5) is 2.07. The van der Waals surface area contributed by atoms with Gasteiger partial charge >= 0.3 is 0 Å². The number of fused-ring (bicyclic) bond motifs is 4. The number of benzene rings is 1. The molecular formula is C16H22N2O3S. The molecule has 6 heteroatoms. The van der Waals surface area contributed by atoms with E-state index in [0.29, 0.717) is 18.3 Å². The second-order valence-electron chi connectivity index (χ2n) is 5.90. The van der Waals surface area contributed by atoms with Crippen molar-refractivity contribution in [3.63, 3.8) is 0 Å². The lowest BCUT2D eigenvalue weighted by Crippen LogP contribution is -2.69. The van der Waals surface area contributed by atoms with E-state index in [1.165, 1.54) is 0 Å². The highest BCUT2D eigenvalue weighted by molar-refractivity contribution is 7.80. The standard InChI is InChI=1S/C16H22N2O3S/c1-10-13-11-6-5-7-12(20-4)14(11)21-16(10,2)18(8-9-19-3)15(22)17-13/h5-7,10,13H,8-9H2,1-4H3,(H,17,22)/t10-,13-,16+/m1/s1. The molecule has 1 N–H and O–H groups in total. The molecule has 0 amide bonds. The fraction of sp³-hybridized carbons (Fsp3) is 0.562. The van der Waals surface area contributed by atoms with Crippen LogP contribution in [-0.2, 0) is 4.74 Å². The number of rotatable bonds is 4. The Balaban J connectivity index is 2.06. The molecule has 120 valence electrons. The summed E-state index contributed by atoms with van der Waals surface area (Å²) in [5.74, 6) is 1.78. The third-order valence-corrected chi connectivity index (χ3v) is 5.14. The van der Waals surface area contributed by atoms with E-state index in [4.69, 9.17) is 26.4 Å². The zero-order chi connectivity index (χ0) is 15.9. The minimum absolute atomic E-state index is 0.121. The van der Waals surface area contributed by atoms with Crippen LogP contribution in [0.1, 0.15) is 25.5 Å². The summed E-state index contributed by atoms with van der Waals surface area (Å²) < 4.78 is 17.1. The van der Waals surface area contributed by atoms with Crippen LogP contribution in [0.15, 0.2) is 18.2 Å². The van der Waals surface area contributed by atoms with E-state index in [1.807, 2.05) is 12.1 Å². The molecule has 0 radical (unpaired) electrons. The number of thiocarbonyl (C=S) groups is 1. The lowest BCUT2D eigenvalue weighted by Gasteiger charge is -2.56. The molecule has 1 aromatic rings. The SMILES string of the molecule is COCCN1C(=S)N[C@H]2c3cccc(OC)c3O[C@@]1(C)[C@@H]2C. The Labute approximate surface area is 136 Å². The second-order valence-corrected chi connectivity index (χ2v) is 6.28. The largest absolute Gasteiger partial charge is 0.493 e. The maximum Gasteiger partial charge on any atom is 0.187 e. The van der Waals surface area contributed by atoms with Gasteiger partial charge in [-0.25, -0.2) is 0 Å². The van der Waals surface area contributed by atoms with Crippen molar-refractivity contribution in [3.05, 3.63) is 23.8 Å². The van der Waals surface area contributed by atoms with Gasteiger partial charge in [-0.3, -0.25) is 0 Å². The zero-order valence-corrected chi connectivity index (χ0v) is 14.2. The summed E-state index contributed by atoms with van der Waals surface area (Å²) in [7, 11) is 3.35. The topological polar surface area (TPSA) is 43.0 Å². The van der Waals surface area contributed by atoms with Crippen molar-refractivity contribution in [1.29, 1.82) is 0 Å². The van der Waals surface area contributed by atoms with Crippen molar-refractivity contribution >= 4 is 17.3 Å². The fourth-order valence-corrected chi connectivity index (χ4v) is 3.75. The van der Waals surface area contributed by atoms with Crippen molar-refractivity contribution in [1.82, 2.24) is 10.2 Å². The predicted octanol–water partition coefficient (Wildman–Crippen LogP) is 2.32. The number of nitrogens with zero attached hydrogens (tertiary/aromatic N) is 1. The molecule has 3 rings (SSSR count). The molecule has 0 aromatic heterocycles. The molecule has 1 saturated heterocycles. The first-order valence-electron chi connectivity index (χ1n) is 7.46. The zero-order valence-electron chi connectivity index (χ0n) is 13.4. The summed E-state index contributed by atoms with van der Waals surface area (Å²) in [5, 5.41) is 4.16. The Morgan fingerprint density at radius 1 is 1.41 bits per heavy atom. The monoisotopic (exact) mass is 322 g/mol. The number of hydrogen-bond acceptors (Lipinski definition) is 4. The number of ether oxygens (including phenoxy) is 3. The van der Waals surface area contributed by atoms with Gasteiger partial charge in [0.05, 0.1) is 19.8 Å². The molecule has 0 saturated carbocycles. The van der Waals surface area contributed by atoms with Crippen LogP contribution in [-0.4, -0.2) is 43.1 Å². The third-order valence-electron chi connectivity index (χ3n) is 4.80. The molecule has 0 aliphatic carbocycles. The lowest BCUT2D eigenvalue weighted by molar-refractivity contribution is -0.115. The molecule has 22 heavy (non-hydrogen) atoms. The Bertz CT molecular complexity index is 595. The normalized spacial score (nSPS) is 29.5. The fourth-order valence-electron chi connectivity index (χ4n) is 3.35. The van der Waals surface area contributed by atoms with Gasteiger partial charge < -0.3 is 24.4 Å². The number of methoxy groups -OCH3 is 2. The molecule has 0 unspecified atom stereocenters. The average Bonchev–Trinajstić information content (AvgIpc) is 2.50. The molecule has 1 fully saturated rings. The van der Waals surface area contributed by atoms with Crippen molar-refractivity contribution in [3.8, 4) is 11.5 Å². The van der Waals surface area contributed by atoms with Gasteiger partial charge in [0.2, 0.25) is 0 Å².